The van der Waals surface area contributed by atoms with Crippen molar-refractivity contribution in [2.45, 2.75) is 19.7 Å². The Morgan fingerprint density at radius 1 is 1.39 bits per heavy atom. The van der Waals surface area contributed by atoms with Crippen molar-refractivity contribution in [1.82, 2.24) is 14.9 Å². The maximum absolute atomic E-state index is 12.7. The molecule has 2 N–H and O–H groups in total. The molecule has 3 heterocycles. The van der Waals surface area contributed by atoms with Gasteiger partial charge in [0.05, 0.1) is 18.8 Å². The highest BCUT2D eigenvalue weighted by atomic mass is 32.2. The van der Waals surface area contributed by atoms with Gasteiger partial charge in [0, 0.05) is 25.2 Å². The number of hydrogen-bond acceptors (Lipinski definition) is 8. The molecule has 1 aromatic carbocycles. The first kappa shape index (κ1) is 21.8. The molecule has 4 rings (SSSR count). The molecular formula is C20H22F2N4O4S. The predicted octanol–water partition coefficient (Wildman–Crippen LogP) is 2.85. The summed E-state index contributed by atoms with van der Waals surface area (Å²) < 4.78 is 43.6. The zero-order valence-electron chi connectivity index (χ0n) is 16.8. The van der Waals surface area contributed by atoms with Gasteiger partial charge in [-0.15, -0.1) is 0 Å². The molecule has 1 atom stereocenters. The first-order valence-electron chi connectivity index (χ1n) is 9.75. The van der Waals surface area contributed by atoms with Gasteiger partial charge in [-0.25, -0.2) is 9.71 Å². The summed E-state index contributed by atoms with van der Waals surface area (Å²) in [5.41, 5.74) is 0.871. The Morgan fingerprint density at radius 2 is 2.19 bits per heavy atom. The summed E-state index contributed by atoms with van der Waals surface area (Å²) in [4.78, 5) is 19.5. The van der Waals surface area contributed by atoms with Crippen molar-refractivity contribution in [2.75, 3.05) is 32.8 Å². The molecule has 0 spiro atoms. The number of carbonyl (C=O) groups is 1. The number of amidine groups is 1. The van der Waals surface area contributed by atoms with Crippen LogP contribution in [0.5, 0.6) is 5.75 Å². The average molecular weight is 452 g/mol. The van der Waals surface area contributed by atoms with E-state index < -0.39 is 6.61 Å². The molecule has 2 aliphatic rings. The number of ether oxygens (including phenoxy) is 2. The second-order valence-corrected chi connectivity index (χ2v) is 7.85. The molecule has 1 unspecified atom stereocenters. The Balaban J connectivity index is 1.40. The molecule has 0 radical (unpaired) electrons. The minimum atomic E-state index is -2.92. The lowest BCUT2D eigenvalue weighted by molar-refractivity contribution is -0.0498. The molecule has 0 bridgehead atoms. The lowest BCUT2D eigenvalue weighted by atomic mass is 10.1. The summed E-state index contributed by atoms with van der Waals surface area (Å²) in [5, 5.41) is 3.27. The third kappa shape index (κ3) is 5.62. The summed E-state index contributed by atoms with van der Waals surface area (Å²) in [5.74, 6) is 0.454. The molecule has 1 aromatic heterocycles. The van der Waals surface area contributed by atoms with Crippen LogP contribution in [0.25, 0.3) is 11.3 Å². The van der Waals surface area contributed by atoms with Crippen LogP contribution in [-0.4, -0.2) is 61.6 Å². The minimum Gasteiger partial charge on any atom is -0.461 e. The molecule has 0 aliphatic carbocycles. The van der Waals surface area contributed by atoms with Gasteiger partial charge in [-0.2, -0.15) is 8.78 Å². The van der Waals surface area contributed by atoms with Crippen LogP contribution < -0.4 is 14.8 Å². The van der Waals surface area contributed by atoms with Crippen LogP contribution in [0.4, 0.5) is 8.78 Å². The van der Waals surface area contributed by atoms with Crippen LogP contribution in [0.2, 0.25) is 0 Å². The van der Waals surface area contributed by atoms with Crippen LogP contribution >= 0.6 is 11.9 Å². The number of furan rings is 1. The van der Waals surface area contributed by atoms with Crippen molar-refractivity contribution in [2.24, 2.45) is 4.99 Å². The largest absolute Gasteiger partial charge is 0.461 e. The van der Waals surface area contributed by atoms with Gasteiger partial charge in [0.25, 0.3) is 5.91 Å². The summed E-state index contributed by atoms with van der Waals surface area (Å²) in [6.45, 7) is 2.64. The number of rotatable bonds is 6. The Bertz CT molecular complexity index is 962. The number of nitrogens with zero attached hydrogens (tertiary/aromatic N) is 2. The molecule has 2 aromatic rings. The van der Waals surface area contributed by atoms with Crippen molar-refractivity contribution in [3.05, 3.63) is 41.7 Å². The van der Waals surface area contributed by atoms with Crippen molar-refractivity contribution in [3.8, 4) is 17.1 Å². The fourth-order valence-corrected chi connectivity index (χ4v) is 4.02. The lowest BCUT2D eigenvalue weighted by Crippen LogP contribution is -2.42. The van der Waals surface area contributed by atoms with E-state index in [1.54, 1.807) is 25.1 Å². The van der Waals surface area contributed by atoms with E-state index in [4.69, 9.17) is 9.15 Å². The van der Waals surface area contributed by atoms with Gasteiger partial charge < -0.3 is 19.2 Å². The van der Waals surface area contributed by atoms with E-state index >= 15 is 0 Å². The fraction of sp³-hybridized carbons (Fsp3) is 0.400. The first-order valence-corrected chi connectivity index (χ1v) is 10.6. The van der Waals surface area contributed by atoms with Crippen molar-refractivity contribution < 1.29 is 27.5 Å². The van der Waals surface area contributed by atoms with Gasteiger partial charge in [0.1, 0.15) is 23.4 Å². The van der Waals surface area contributed by atoms with Gasteiger partial charge in [0.15, 0.2) is 5.17 Å². The average Bonchev–Trinajstić information content (AvgIpc) is 3.35. The molecule has 1 saturated heterocycles. The normalized spacial score (nSPS) is 19.5. The van der Waals surface area contributed by atoms with Crippen LogP contribution in [0.15, 0.2) is 39.7 Å². The zero-order valence-corrected chi connectivity index (χ0v) is 17.6. The topological polar surface area (TPSA) is 88.3 Å². The highest BCUT2D eigenvalue weighted by Crippen LogP contribution is 2.29. The third-order valence-corrected chi connectivity index (χ3v) is 5.62. The number of halogens is 2. The fourth-order valence-electron chi connectivity index (χ4n) is 3.32. The number of benzene rings is 1. The highest BCUT2D eigenvalue weighted by Gasteiger charge is 2.24. The summed E-state index contributed by atoms with van der Waals surface area (Å²) in [6.07, 6.45) is -0.114. The smallest absolute Gasteiger partial charge is 0.387 e. The summed E-state index contributed by atoms with van der Waals surface area (Å²) in [7, 11) is 0. The van der Waals surface area contributed by atoms with Gasteiger partial charge in [-0.05, 0) is 37.1 Å². The van der Waals surface area contributed by atoms with E-state index in [1.807, 2.05) is 0 Å². The van der Waals surface area contributed by atoms with E-state index in [1.165, 1.54) is 24.1 Å². The van der Waals surface area contributed by atoms with Gasteiger partial charge in [-0.3, -0.25) is 9.69 Å². The van der Waals surface area contributed by atoms with Crippen LogP contribution in [0.3, 0.4) is 0 Å². The van der Waals surface area contributed by atoms with Gasteiger partial charge >= 0.3 is 6.61 Å². The Kier molecular flexibility index (Phi) is 6.86. The molecule has 1 amide bonds. The quantitative estimate of drug-likeness (QED) is 0.652. The number of aryl methyl sites for hydroxylation is 1. The summed E-state index contributed by atoms with van der Waals surface area (Å²) in [6, 6.07) is 7.70. The van der Waals surface area contributed by atoms with Gasteiger partial charge in [0.2, 0.25) is 0 Å². The number of morpholine rings is 1. The number of amides is 1. The lowest BCUT2D eigenvalue weighted by Gasteiger charge is -2.27. The maximum Gasteiger partial charge on any atom is 0.387 e. The number of hydrogen-bond donors (Lipinski definition) is 2. The van der Waals surface area contributed by atoms with Gasteiger partial charge in [-0.1, -0.05) is 12.1 Å². The van der Waals surface area contributed by atoms with E-state index in [0.717, 1.165) is 19.6 Å². The number of nitrogens with one attached hydrogen (secondary N) is 2. The third-order valence-electron chi connectivity index (χ3n) is 4.83. The predicted molar refractivity (Wildman–Crippen MR) is 112 cm³/mol. The summed E-state index contributed by atoms with van der Waals surface area (Å²) >= 11 is 1.27. The van der Waals surface area contributed by atoms with E-state index in [0.29, 0.717) is 41.0 Å². The SMILES string of the molecule is Cc1oc(-c2cccc(OC(F)F)c2)cc1C(=O)NC1=NC(CN2CCOCC2)NS1. The highest BCUT2D eigenvalue weighted by molar-refractivity contribution is 8.12. The number of alkyl halides is 2. The van der Waals surface area contributed by atoms with E-state index in [2.05, 4.69) is 24.7 Å². The zero-order chi connectivity index (χ0) is 21.8. The Hall–Kier alpha value is -2.47. The van der Waals surface area contributed by atoms with Crippen molar-refractivity contribution in [1.29, 1.82) is 0 Å². The minimum absolute atomic E-state index is 0.0154. The Labute approximate surface area is 182 Å². The molecule has 166 valence electrons. The van der Waals surface area contributed by atoms with Crippen LogP contribution in [0, 0.1) is 6.92 Å². The molecule has 0 saturated carbocycles. The van der Waals surface area contributed by atoms with E-state index in [-0.39, 0.29) is 17.8 Å². The standard InChI is InChI=1S/C20H22F2N4O4S/c1-12-15(10-16(29-12)13-3-2-4-14(9-13)30-19(21)22)18(27)24-20-23-17(25-31-20)11-26-5-7-28-8-6-26/h2-4,9-10,17,19,25H,5-8,11H2,1H3,(H,23,24,27). The number of aliphatic imine (C=N–C) groups is 1. The second-order valence-electron chi connectivity index (χ2n) is 7.02. The maximum atomic E-state index is 12.7. The molecule has 2 aliphatic heterocycles. The molecule has 31 heavy (non-hydrogen) atoms. The first-order chi connectivity index (χ1) is 15.0. The molecular weight excluding hydrogens is 430 g/mol. The molecule has 11 heteroatoms. The molecule has 1 fully saturated rings. The van der Waals surface area contributed by atoms with Crippen molar-refractivity contribution in [3.63, 3.8) is 0 Å². The van der Waals surface area contributed by atoms with Crippen molar-refractivity contribution >= 4 is 23.0 Å². The van der Waals surface area contributed by atoms with E-state index in [9.17, 15) is 13.6 Å². The second kappa shape index (κ2) is 9.77. The molecule has 8 nitrogen and oxygen atoms in total. The van der Waals surface area contributed by atoms with Crippen LogP contribution in [-0.2, 0) is 4.74 Å². The Morgan fingerprint density at radius 3 is 2.97 bits per heavy atom. The number of carbonyl (C=O) groups excluding carboxylic acids is 1. The monoisotopic (exact) mass is 452 g/mol. The van der Waals surface area contributed by atoms with Crippen LogP contribution in [0.1, 0.15) is 16.1 Å².